The second kappa shape index (κ2) is 6.62. The minimum atomic E-state index is 0.418. The first-order chi connectivity index (χ1) is 10.8. The average Bonchev–Trinajstić information content (AvgIpc) is 2.56. The zero-order valence-corrected chi connectivity index (χ0v) is 13.3. The molecule has 0 nitrogen and oxygen atoms in total. The van der Waals surface area contributed by atoms with E-state index in [0.29, 0.717) is 5.92 Å². The summed E-state index contributed by atoms with van der Waals surface area (Å²) < 4.78 is 0. The van der Waals surface area contributed by atoms with Gasteiger partial charge in [-0.25, -0.2) is 0 Å². The summed E-state index contributed by atoms with van der Waals surface area (Å²) in [6.07, 6.45) is 0.993. The van der Waals surface area contributed by atoms with Crippen LogP contribution in [0, 0.1) is 6.92 Å². The van der Waals surface area contributed by atoms with Crippen LogP contribution in [0.5, 0.6) is 0 Å². The first-order valence-corrected chi connectivity index (χ1v) is 7.93. The van der Waals surface area contributed by atoms with Crippen LogP contribution in [0.4, 0.5) is 0 Å². The van der Waals surface area contributed by atoms with Crippen LogP contribution < -0.4 is 0 Å². The van der Waals surface area contributed by atoms with Crippen molar-refractivity contribution in [3.8, 4) is 0 Å². The van der Waals surface area contributed by atoms with E-state index in [1.807, 2.05) is 0 Å². The molecule has 3 rings (SSSR count). The summed E-state index contributed by atoms with van der Waals surface area (Å²) in [5.74, 6) is 0.418. The van der Waals surface area contributed by atoms with E-state index < -0.39 is 0 Å². The highest BCUT2D eigenvalue weighted by Crippen LogP contribution is 2.30. The molecular formula is C22H22. The maximum atomic E-state index is 2.31. The molecule has 0 fully saturated rings. The molecule has 0 N–H and O–H groups in total. The van der Waals surface area contributed by atoms with Gasteiger partial charge in [0.05, 0.1) is 0 Å². The van der Waals surface area contributed by atoms with Crippen molar-refractivity contribution < 1.29 is 0 Å². The Hall–Kier alpha value is -2.34. The van der Waals surface area contributed by atoms with Gasteiger partial charge >= 0.3 is 0 Å². The number of rotatable bonds is 4. The molecule has 0 heterocycles. The zero-order chi connectivity index (χ0) is 15.4. The predicted molar refractivity (Wildman–Crippen MR) is 94.4 cm³/mol. The molecule has 110 valence electrons. The summed E-state index contributed by atoms with van der Waals surface area (Å²) >= 11 is 0. The van der Waals surface area contributed by atoms with Gasteiger partial charge in [-0.1, -0.05) is 85.8 Å². The van der Waals surface area contributed by atoms with E-state index in [1.54, 1.807) is 0 Å². The molecule has 0 aliphatic heterocycles. The SMILES string of the molecule is Cc1ccccc1C(C)c1ccccc1Cc1ccccc1. The van der Waals surface area contributed by atoms with Crippen molar-refractivity contribution in [1.29, 1.82) is 0 Å². The Morgan fingerprint density at radius 2 is 1.27 bits per heavy atom. The fourth-order valence-electron chi connectivity index (χ4n) is 3.17. The summed E-state index contributed by atoms with van der Waals surface area (Å²) in [6.45, 7) is 4.51. The van der Waals surface area contributed by atoms with Crippen LogP contribution >= 0.6 is 0 Å². The fraction of sp³-hybridized carbons (Fsp3) is 0.182. The molecule has 0 saturated carbocycles. The fourth-order valence-corrected chi connectivity index (χ4v) is 3.17. The van der Waals surface area contributed by atoms with Gasteiger partial charge in [-0.05, 0) is 41.2 Å². The normalized spacial score (nSPS) is 12.1. The lowest BCUT2D eigenvalue weighted by molar-refractivity contribution is 0.889. The van der Waals surface area contributed by atoms with E-state index >= 15 is 0 Å². The lowest BCUT2D eigenvalue weighted by atomic mass is 9.86. The van der Waals surface area contributed by atoms with Crippen LogP contribution in [0.3, 0.4) is 0 Å². The number of hydrogen-bond donors (Lipinski definition) is 0. The highest BCUT2D eigenvalue weighted by atomic mass is 14.2. The molecule has 0 aliphatic rings. The number of benzene rings is 3. The van der Waals surface area contributed by atoms with Crippen molar-refractivity contribution in [2.75, 3.05) is 0 Å². The Morgan fingerprint density at radius 3 is 2.00 bits per heavy atom. The smallest absolute Gasteiger partial charge is 0.00664 e. The molecule has 3 aromatic carbocycles. The van der Waals surface area contributed by atoms with Crippen molar-refractivity contribution in [2.45, 2.75) is 26.2 Å². The maximum Gasteiger partial charge on any atom is 0.00664 e. The topological polar surface area (TPSA) is 0 Å². The van der Waals surface area contributed by atoms with Gasteiger partial charge in [0.15, 0.2) is 0 Å². The molecule has 0 bridgehead atoms. The second-order valence-corrected chi connectivity index (χ2v) is 5.94. The molecule has 3 aromatic rings. The largest absolute Gasteiger partial charge is 0.0622 e. The third-order valence-corrected chi connectivity index (χ3v) is 4.41. The molecule has 0 heteroatoms. The molecule has 0 aromatic heterocycles. The monoisotopic (exact) mass is 286 g/mol. The van der Waals surface area contributed by atoms with Crippen molar-refractivity contribution in [1.82, 2.24) is 0 Å². The first kappa shape index (κ1) is 14.6. The second-order valence-electron chi connectivity index (χ2n) is 5.94. The minimum absolute atomic E-state index is 0.418. The van der Waals surface area contributed by atoms with E-state index in [4.69, 9.17) is 0 Å². The van der Waals surface area contributed by atoms with Gasteiger partial charge in [0, 0.05) is 5.92 Å². The first-order valence-electron chi connectivity index (χ1n) is 7.93. The average molecular weight is 286 g/mol. The summed E-state index contributed by atoms with van der Waals surface area (Å²) in [4.78, 5) is 0. The van der Waals surface area contributed by atoms with Crippen LogP contribution in [0.15, 0.2) is 78.9 Å². The van der Waals surface area contributed by atoms with Gasteiger partial charge in [-0.3, -0.25) is 0 Å². The Balaban J connectivity index is 1.96. The molecule has 0 amide bonds. The van der Waals surface area contributed by atoms with Gasteiger partial charge in [-0.15, -0.1) is 0 Å². The number of aryl methyl sites for hydroxylation is 1. The van der Waals surface area contributed by atoms with Crippen molar-refractivity contribution in [3.05, 3.63) is 107 Å². The number of hydrogen-bond acceptors (Lipinski definition) is 0. The van der Waals surface area contributed by atoms with E-state index in [-0.39, 0.29) is 0 Å². The van der Waals surface area contributed by atoms with Gasteiger partial charge < -0.3 is 0 Å². The molecule has 1 unspecified atom stereocenters. The van der Waals surface area contributed by atoms with Crippen molar-refractivity contribution >= 4 is 0 Å². The predicted octanol–water partition coefficient (Wildman–Crippen LogP) is 5.74. The third kappa shape index (κ3) is 3.12. The summed E-state index contributed by atoms with van der Waals surface area (Å²) in [5, 5.41) is 0. The molecular weight excluding hydrogens is 264 g/mol. The Kier molecular flexibility index (Phi) is 4.39. The molecule has 0 aliphatic carbocycles. The lowest BCUT2D eigenvalue weighted by Crippen LogP contribution is -2.03. The van der Waals surface area contributed by atoms with E-state index in [0.717, 1.165) is 6.42 Å². The molecule has 0 radical (unpaired) electrons. The minimum Gasteiger partial charge on any atom is -0.0622 e. The Morgan fingerprint density at radius 1 is 0.682 bits per heavy atom. The third-order valence-electron chi connectivity index (χ3n) is 4.41. The van der Waals surface area contributed by atoms with Crippen LogP contribution in [0.25, 0.3) is 0 Å². The van der Waals surface area contributed by atoms with Gasteiger partial charge in [0.1, 0.15) is 0 Å². The van der Waals surface area contributed by atoms with E-state index in [2.05, 4.69) is 92.7 Å². The Bertz CT molecular complexity index is 741. The van der Waals surface area contributed by atoms with Crippen LogP contribution in [0.2, 0.25) is 0 Å². The molecule has 0 saturated heterocycles. The van der Waals surface area contributed by atoms with Gasteiger partial charge in [0.25, 0.3) is 0 Å². The van der Waals surface area contributed by atoms with Crippen LogP contribution in [-0.2, 0) is 6.42 Å². The summed E-state index contributed by atoms with van der Waals surface area (Å²) in [7, 11) is 0. The zero-order valence-electron chi connectivity index (χ0n) is 13.3. The van der Waals surface area contributed by atoms with E-state index in [1.165, 1.54) is 27.8 Å². The van der Waals surface area contributed by atoms with Crippen LogP contribution in [0.1, 0.15) is 40.7 Å². The lowest BCUT2D eigenvalue weighted by Gasteiger charge is -2.19. The van der Waals surface area contributed by atoms with Crippen LogP contribution in [-0.4, -0.2) is 0 Å². The van der Waals surface area contributed by atoms with E-state index in [9.17, 15) is 0 Å². The molecule has 22 heavy (non-hydrogen) atoms. The van der Waals surface area contributed by atoms with Crippen molar-refractivity contribution in [3.63, 3.8) is 0 Å². The highest BCUT2D eigenvalue weighted by molar-refractivity contribution is 5.42. The standard InChI is InChI=1S/C22H22/c1-17-10-6-8-14-21(17)18(2)22-15-9-7-13-20(22)16-19-11-4-3-5-12-19/h3-15,18H,16H2,1-2H3. The summed E-state index contributed by atoms with van der Waals surface area (Å²) in [6, 6.07) is 28.2. The molecule has 0 spiro atoms. The molecule has 1 atom stereocenters. The quantitative estimate of drug-likeness (QED) is 0.574. The van der Waals surface area contributed by atoms with Gasteiger partial charge in [-0.2, -0.15) is 0 Å². The summed E-state index contributed by atoms with van der Waals surface area (Å²) in [5.41, 5.74) is 7.00. The Labute approximate surface area is 133 Å². The maximum absolute atomic E-state index is 2.31. The van der Waals surface area contributed by atoms with Gasteiger partial charge in [0.2, 0.25) is 0 Å². The highest BCUT2D eigenvalue weighted by Gasteiger charge is 2.14. The van der Waals surface area contributed by atoms with Crippen molar-refractivity contribution in [2.24, 2.45) is 0 Å².